The summed E-state index contributed by atoms with van der Waals surface area (Å²) in [5.74, 6) is 0.430. The van der Waals surface area contributed by atoms with Crippen LogP contribution in [0.3, 0.4) is 0 Å². The standard InChI is InChI=1S/C14H26N2O3/c1-11(18-3)13-8-12(9-15(13)2)10-19-14(17)16-6-4-5-7-16/h11-13H,4-10H2,1-3H3/t11?,12-,13-/m0/s1. The number of nitrogens with zero attached hydrogens (tertiary/aromatic N) is 2. The quantitative estimate of drug-likeness (QED) is 0.778. The maximum Gasteiger partial charge on any atom is 0.409 e. The van der Waals surface area contributed by atoms with Crippen molar-refractivity contribution in [3.63, 3.8) is 0 Å². The highest BCUT2D eigenvalue weighted by Crippen LogP contribution is 2.25. The number of carbonyl (C=O) groups excluding carboxylic acids is 1. The molecule has 0 bridgehead atoms. The summed E-state index contributed by atoms with van der Waals surface area (Å²) < 4.78 is 10.8. The molecule has 0 saturated carbocycles. The largest absolute Gasteiger partial charge is 0.449 e. The second-order valence-corrected chi connectivity index (χ2v) is 5.82. The van der Waals surface area contributed by atoms with Crippen LogP contribution in [0.25, 0.3) is 0 Å². The zero-order valence-corrected chi connectivity index (χ0v) is 12.3. The van der Waals surface area contributed by atoms with Crippen LogP contribution in [0.5, 0.6) is 0 Å². The van der Waals surface area contributed by atoms with E-state index in [9.17, 15) is 4.79 Å². The summed E-state index contributed by atoms with van der Waals surface area (Å²) in [6.07, 6.45) is 3.34. The van der Waals surface area contributed by atoms with Crippen LogP contribution in [0.15, 0.2) is 0 Å². The van der Waals surface area contributed by atoms with Gasteiger partial charge in [-0.3, -0.25) is 0 Å². The molecule has 2 aliphatic rings. The van der Waals surface area contributed by atoms with Crippen molar-refractivity contribution in [2.75, 3.05) is 40.4 Å². The van der Waals surface area contributed by atoms with E-state index in [0.717, 1.165) is 38.9 Å². The third-order valence-corrected chi connectivity index (χ3v) is 4.41. The Morgan fingerprint density at radius 2 is 2.05 bits per heavy atom. The van der Waals surface area contributed by atoms with Crippen LogP contribution in [0.4, 0.5) is 4.79 Å². The Morgan fingerprint density at radius 3 is 2.68 bits per heavy atom. The molecule has 2 heterocycles. The Kier molecular flexibility index (Phi) is 5.05. The topological polar surface area (TPSA) is 42.0 Å². The van der Waals surface area contributed by atoms with Gasteiger partial charge in [-0.05, 0) is 33.2 Å². The zero-order chi connectivity index (χ0) is 13.8. The lowest BCUT2D eigenvalue weighted by Crippen LogP contribution is -2.35. The van der Waals surface area contributed by atoms with Gasteiger partial charge in [0, 0.05) is 38.7 Å². The first-order chi connectivity index (χ1) is 9.11. The van der Waals surface area contributed by atoms with Crippen LogP contribution in [0.2, 0.25) is 0 Å². The van der Waals surface area contributed by atoms with Crippen molar-refractivity contribution in [2.45, 2.75) is 38.3 Å². The van der Waals surface area contributed by atoms with Crippen molar-refractivity contribution in [3.8, 4) is 0 Å². The van der Waals surface area contributed by atoms with Crippen LogP contribution in [0, 0.1) is 5.92 Å². The average molecular weight is 270 g/mol. The number of likely N-dealkylation sites (tertiary alicyclic amines) is 2. The molecule has 0 aliphatic carbocycles. The van der Waals surface area contributed by atoms with Crippen LogP contribution >= 0.6 is 0 Å². The number of ether oxygens (including phenoxy) is 2. The Hall–Kier alpha value is -0.810. The first-order valence-corrected chi connectivity index (χ1v) is 7.26. The predicted octanol–water partition coefficient (Wildman–Crippen LogP) is 1.57. The molecule has 19 heavy (non-hydrogen) atoms. The number of methoxy groups -OCH3 is 1. The van der Waals surface area contributed by atoms with E-state index in [1.807, 2.05) is 4.90 Å². The average Bonchev–Trinajstić information content (AvgIpc) is 3.04. The second kappa shape index (κ2) is 6.57. The molecule has 3 atom stereocenters. The number of hydrogen-bond acceptors (Lipinski definition) is 4. The van der Waals surface area contributed by atoms with Crippen molar-refractivity contribution in [1.82, 2.24) is 9.80 Å². The van der Waals surface area contributed by atoms with Crippen molar-refractivity contribution in [1.29, 1.82) is 0 Å². The fourth-order valence-corrected chi connectivity index (χ4v) is 3.15. The SMILES string of the molecule is COC(C)[C@@H]1C[C@H](COC(=O)N2CCCC2)CN1C. The number of likely N-dealkylation sites (N-methyl/N-ethyl adjacent to an activating group) is 1. The molecule has 2 saturated heterocycles. The lowest BCUT2D eigenvalue weighted by atomic mass is 10.0. The molecular weight excluding hydrogens is 244 g/mol. The Morgan fingerprint density at radius 1 is 1.37 bits per heavy atom. The molecular formula is C14H26N2O3. The molecule has 5 nitrogen and oxygen atoms in total. The maximum atomic E-state index is 11.8. The normalized spacial score (nSPS) is 29.7. The zero-order valence-electron chi connectivity index (χ0n) is 12.3. The van der Waals surface area contributed by atoms with Crippen LogP contribution in [-0.4, -0.2) is 68.4 Å². The van der Waals surface area contributed by atoms with E-state index in [4.69, 9.17) is 9.47 Å². The van der Waals surface area contributed by atoms with Crippen LogP contribution in [0.1, 0.15) is 26.2 Å². The summed E-state index contributed by atoms with van der Waals surface area (Å²) in [6, 6.07) is 0.431. The molecule has 2 aliphatic heterocycles. The van der Waals surface area contributed by atoms with Gasteiger partial charge in [0.1, 0.15) is 0 Å². The number of hydrogen-bond donors (Lipinski definition) is 0. The molecule has 0 aromatic heterocycles. The molecule has 1 unspecified atom stereocenters. The van der Waals surface area contributed by atoms with Crippen molar-refractivity contribution >= 4 is 6.09 Å². The Bertz CT molecular complexity index is 305. The lowest BCUT2D eigenvalue weighted by Gasteiger charge is -2.24. The van der Waals surface area contributed by atoms with Gasteiger partial charge in [0.05, 0.1) is 12.7 Å². The van der Waals surface area contributed by atoms with E-state index in [-0.39, 0.29) is 12.2 Å². The Labute approximate surface area is 115 Å². The van der Waals surface area contributed by atoms with Crippen LogP contribution in [-0.2, 0) is 9.47 Å². The van der Waals surface area contributed by atoms with Gasteiger partial charge in [-0.2, -0.15) is 0 Å². The van der Waals surface area contributed by atoms with Gasteiger partial charge in [-0.25, -0.2) is 4.79 Å². The summed E-state index contributed by atoms with van der Waals surface area (Å²) in [5, 5.41) is 0. The van der Waals surface area contributed by atoms with Gasteiger partial charge in [-0.1, -0.05) is 0 Å². The first kappa shape index (κ1) is 14.6. The van der Waals surface area contributed by atoms with Crippen molar-refractivity contribution in [2.24, 2.45) is 5.92 Å². The molecule has 0 aromatic carbocycles. The van der Waals surface area contributed by atoms with E-state index < -0.39 is 0 Å². The molecule has 0 N–H and O–H groups in total. The van der Waals surface area contributed by atoms with Gasteiger partial charge >= 0.3 is 6.09 Å². The summed E-state index contributed by atoms with van der Waals surface area (Å²) in [5.41, 5.74) is 0. The van der Waals surface area contributed by atoms with E-state index in [0.29, 0.717) is 18.6 Å². The molecule has 110 valence electrons. The van der Waals surface area contributed by atoms with Gasteiger partial charge in [0.15, 0.2) is 0 Å². The number of carbonyl (C=O) groups is 1. The highest BCUT2D eigenvalue weighted by Gasteiger charge is 2.34. The van der Waals surface area contributed by atoms with E-state index >= 15 is 0 Å². The number of amides is 1. The second-order valence-electron chi connectivity index (χ2n) is 5.82. The fourth-order valence-electron chi connectivity index (χ4n) is 3.15. The third kappa shape index (κ3) is 3.60. The fraction of sp³-hybridized carbons (Fsp3) is 0.929. The summed E-state index contributed by atoms with van der Waals surface area (Å²) in [6.45, 7) is 5.32. The minimum atomic E-state index is -0.136. The van der Waals surface area contributed by atoms with E-state index in [1.54, 1.807) is 7.11 Å². The van der Waals surface area contributed by atoms with E-state index in [1.165, 1.54) is 0 Å². The smallest absolute Gasteiger partial charge is 0.409 e. The minimum absolute atomic E-state index is 0.136. The van der Waals surface area contributed by atoms with E-state index in [2.05, 4.69) is 18.9 Å². The molecule has 1 amide bonds. The minimum Gasteiger partial charge on any atom is -0.449 e. The highest BCUT2D eigenvalue weighted by molar-refractivity contribution is 5.67. The summed E-state index contributed by atoms with van der Waals surface area (Å²) in [7, 11) is 3.86. The predicted molar refractivity (Wildman–Crippen MR) is 73.2 cm³/mol. The number of rotatable bonds is 4. The molecule has 0 radical (unpaired) electrons. The summed E-state index contributed by atoms with van der Waals surface area (Å²) >= 11 is 0. The van der Waals surface area contributed by atoms with Gasteiger partial charge in [-0.15, -0.1) is 0 Å². The van der Waals surface area contributed by atoms with Gasteiger partial charge < -0.3 is 19.3 Å². The van der Waals surface area contributed by atoms with Crippen molar-refractivity contribution in [3.05, 3.63) is 0 Å². The first-order valence-electron chi connectivity index (χ1n) is 7.26. The highest BCUT2D eigenvalue weighted by atomic mass is 16.6. The molecule has 2 fully saturated rings. The third-order valence-electron chi connectivity index (χ3n) is 4.41. The monoisotopic (exact) mass is 270 g/mol. The summed E-state index contributed by atoms with van der Waals surface area (Å²) in [4.78, 5) is 15.9. The Balaban J connectivity index is 1.73. The van der Waals surface area contributed by atoms with Crippen molar-refractivity contribution < 1.29 is 14.3 Å². The molecule has 0 aromatic rings. The van der Waals surface area contributed by atoms with Gasteiger partial charge in [0.2, 0.25) is 0 Å². The lowest BCUT2D eigenvalue weighted by molar-refractivity contribution is 0.0527. The molecule has 5 heteroatoms. The van der Waals surface area contributed by atoms with Crippen LogP contribution < -0.4 is 0 Å². The van der Waals surface area contributed by atoms with Gasteiger partial charge in [0.25, 0.3) is 0 Å². The molecule has 2 rings (SSSR count). The maximum absolute atomic E-state index is 11.8. The molecule has 0 spiro atoms.